The molecule has 0 bridgehead atoms. The number of nitrogens with one attached hydrogen (secondary N) is 1. The van der Waals surface area contributed by atoms with Crippen molar-refractivity contribution < 1.29 is 14.0 Å². The molecule has 6 heteroatoms. The summed E-state index contributed by atoms with van der Waals surface area (Å²) in [5.41, 5.74) is 0.473. The van der Waals surface area contributed by atoms with Gasteiger partial charge < -0.3 is 15.1 Å². The molecule has 2 rings (SSSR count). The van der Waals surface area contributed by atoms with Gasteiger partial charge in [0.15, 0.2) is 0 Å². The van der Waals surface area contributed by atoms with Crippen LogP contribution in [0.15, 0.2) is 24.3 Å². The maximum atomic E-state index is 13.9. The van der Waals surface area contributed by atoms with Crippen LogP contribution in [-0.2, 0) is 4.79 Å². The largest absolute Gasteiger partial charge is 0.343 e. The summed E-state index contributed by atoms with van der Waals surface area (Å²) in [5, 5.41) is 2.76. The van der Waals surface area contributed by atoms with Gasteiger partial charge in [-0.2, -0.15) is 0 Å². The van der Waals surface area contributed by atoms with E-state index in [2.05, 4.69) is 5.32 Å². The van der Waals surface area contributed by atoms with Gasteiger partial charge in [-0.1, -0.05) is 31.0 Å². The van der Waals surface area contributed by atoms with Gasteiger partial charge in [-0.05, 0) is 25.8 Å². The molecule has 0 spiro atoms. The number of benzene rings is 1. The van der Waals surface area contributed by atoms with Crippen LogP contribution in [0.4, 0.5) is 9.18 Å². The van der Waals surface area contributed by atoms with Crippen LogP contribution in [0.5, 0.6) is 0 Å². The third-order valence-corrected chi connectivity index (χ3v) is 4.83. The first kappa shape index (κ1) is 19.2. The quantitative estimate of drug-likeness (QED) is 0.886. The molecule has 0 aromatic heterocycles. The lowest BCUT2D eigenvalue weighted by atomic mass is 10.1. The summed E-state index contributed by atoms with van der Waals surface area (Å²) in [5.74, 6) is -0.238. The van der Waals surface area contributed by atoms with Gasteiger partial charge in [0, 0.05) is 38.7 Å². The first-order chi connectivity index (χ1) is 12.0. The molecule has 1 N–H and O–H groups in total. The van der Waals surface area contributed by atoms with Gasteiger partial charge in [0.1, 0.15) is 5.82 Å². The molecule has 1 aliphatic heterocycles. The molecule has 1 atom stereocenters. The smallest absolute Gasteiger partial charge is 0.317 e. The highest BCUT2D eigenvalue weighted by Gasteiger charge is 2.20. The van der Waals surface area contributed by atoms with Gasteiger partial charge >= 0.3 is 6.03 Å². The van der Waals surface area contributed by atoms with Crippen LogP contribution in [0.3, 0.4) is 0 Å². The highest BCUT2D eigenvalue weighted by Crippen LogP contribution is 2.21. The Morgan fingerprint density at radius 1 is 1.20 bits per heavy atom. The van der Waals surface area contributed by atoms with E-state index in [0.717, 1.165) is 25.9 Å². The second kappa shape index (κ2) is 9.39. The molecule has 25 heavy (non-hydrogen) atoms. The summed E-state index contributed by atoms with van der Waals surface area (Å²) in [6.07, 6.45) is 4.77. The van der Waals surface area contributed by atoms with Gasteiger partial charge in [-0.15, -0.1) is 0 Å². The van der Waals surface area contributed by atoms with Crippen molar-refractivity contribution in [2.45, 2.75) is 45.1 Å². The Morgan fingerprint density at radius 3 is 2.48 bits per heavy atom. The van der Waals surface area contributed by atoms with Crippen molar-refractivity contribution in [3.05, 3.63) is 35.6 Å². The van der Waals surface area contributed by atoms with Crippen LogP contribution in [-0.4, -0.2) is 48.4 Å². The molecule has 3 amide bonds. The third kappa shape index (κ3) is 5.44. The molecule has 1 aromatic carbocycles. The lowest BCUT2D eigenvalue weighted by Gasteiger charge is -2.26. The Balaban J connectivity index is 1.79. The third-order valence-electron chi connectivity index (χ3n) is 4.83. The fraction of sp³-hybridized carbons (Fsp3) is 0.579. The highest BCUT2D eigenvalue weighted by molar-refractivity contribution is 5.78. The van der Waals surface area contributed by atoms with E-state index >= 15 is 0 Å². The zero-order valence-corrected chi connectivity index (χ0v) is 15.1. The van der Waals surface area contributed by atoms with Gasteiger partial charge in [-0.25, -0.2) is 9.18 Å². The molecule has 5 nitrogen and oxygen atoms in total. The van der Waals surface area contributed by atoms with Gasteiger partial charge in [0.25, 0.3) is 0 Å². The van der Waals surface area contributed by atoms with Gasteiger partial charge in [-0.3, -0.25) is 4.79 Å². The van der Waals surface area contributed by atoms with Crippen molar-refractivity contribution in [1.29, 1.82) is 0 Å². The molecule has 1 aromatic rings. The number of rotatable bonds is 5. The predicted molar refractivity (Wildman–Crippen MR) is 95.6 cm³/mol. The number of amides is 3. The summed E-state index contributed by atoms with van der Waals surface area (Å²) >= 11 is 0. The zero-order valence-electron chi connectivity index (χ0n) is 15.1. The molecule has 0 radical (unpaired) electrons. The predicted octanol–water partition coefficient (Wildman–Crippen LogP) is 3.32. The Bertz CT molecular complexity index is 586. The maximum Gasteiger partial charge on any atom is 0.317 e. The molecule has 138 valence electrons. The van der Waals surface area contributed by atoms with E-state index in [1.54, 1.807) is 32.2 Å². The van der Waals surface area contributed by atoms with Crippen molar-refractivity contribution in [3.63, 3.8) is 0 Å². The summed E-state index contributed by atoms with van der Waals surface area (Å²) in [6.45, 7) is 3.71. The summed E-state index contributed by atoms with van der Waals surface area (Å²) in [4.78, 5) is 27.8. The highest BCUT2D eigenvalue weighted by atomic mass is 19.1. The number of halogens is 1. The van der Waals surface area contributed by atoms with E-state index < -0.39 is 0 Å². The number of nitrogens with zero attached hydrogens (tertiary/aromatic N) is 2. The topological polar surface area (TPSA) is 52.7 Å². The number of urea groups is 1. The number of likely N-dealkylation sites (tertiary alicyclic amines) is 1. The van der Waals surface area contributed by atoms with Crippen LogP contribution in [0.2, 0.25) is 0 Å². The Morgan fingerprint density at radius 2 is 1.84 bits per heavy atom. The Kier molecular flexibility index (Phi) is 7.22. The molecule has 1 saturated heterocycles. The zero-order chi connectivity index (χ0) is 18.2. The van der Waals surface area contributed by atoms with E-state index in [1.165, 1.54) is 23.8 Å². The standard InChI is InChI=1S/C19H28FN3O2/c1-15(16-9-5-6-10-17(16)20)22(2)19(25)21-12-11-18(24)23-13-7-3-4-8-14-23/h5-6,9-10,15H,3-4,7-8,11-14H2,1-2H3,(H,21,25)/t15-/m1/s1. The van der Waals surface area contributed by atoms with E-state index in [4.69, 9.17) is 0 Å². The van der Waals surface area contributed by atoms with Crippen LogP contribution in [0, 0.1) is 5.82 Å². The van der Waals surface area contributed by atoms with Crippen molar-refractivity contribution in [3.8, 4) is 0 Å². The number of hydrogen-bond donors (Lipinski definition) is 1. The van der Waals surface area contributed by atoms with E-state index in [9.17, 15) is 14.0 Å². The van der Waals surface area contributed by atoms with E-state index in [0.29, 0.717) is 18.5 Å². The lowest BCUT2D eigenvalue weighted by Crippen LogP contribution is -2.41. The minimum absolute atomic E-state index is 0.0898. The van der Waals surface area contributed by atoms with Crippen molar-refractivity contribution in [2.24, 2.45) is 0 Å². The molecule has 1 aliphatic rings. The minimum atomic E-state index is -0.387. The summed E-state index contributed by atoms with van der Waals surface area (Å²) in [6, 6.07) is 5.74. The van der Waals surface area contributed by atoms with Crippen LogP contribution in [0.1, 0.15) is 50.6 Å². The molecule has 1 fully saturated rings. The number of carbonyl (C=O) groups excluding carboxylic acids is 2. The summed E-state index contributed by atoms with van der Waals surface area (Å²) < 4.78 is 13.9. The van der Waals surface area contributed by atoms with Crippen molar-refractivity contribution >= 4 is 11.9 Å². The van der Waals surface area contributed by atoms with Gasteiger partial charge in [0.2, 0.25) is 5.91 Å². The Labute approximate surface area is 149 Å². The second-order valence-corrected chi connectivity index (χ2v) is 6.59. The average Bonchev–Trinajstić information content (AvgIpc) is 2.90. The van der Waals surface area contributed by atoms with Crippen LogP contribution in [0.25, 0.3) is 0 Å². The molecule has 0 aliphatic carbocycles. The SMILES string of the molecule is C[C@H](c1ccccc1F)N(C)C(=O)NCCC(=O)N1CCCCCC1. The Hall–Kier alpha value is -2.11. The average molecular weight is 349 g/mol. The molecule has 0 saturated carbocycles. The molecular weight excluding hydrogens is 321 g/mol. The first-order valence-corrected chi connectivity index (χ1v) is 9.03. The van der Waals surface area contributed by atoms with E-state index in [1.807, 2.05) is 4.90 Å². The molecule has 1 heterocycles. The number of hydrogen-bond acceptors (Lipinski definition) is 2. The fourth-order valence-corrected chi connectivity index (χ4v) is 3.08. The molecular formula is C19H28FN3O2. The minimum Gasteiger partial charge on any atom is -0.343 e. The lowest BCUT2D eigenvalue weighted by molar-refractivity contribution is -0.131. The second-order valence-electron chi connectivity index (χ2n) is 6.59. The normalized spacial score (nSPS) is 16.0. The first-order valence-electron chi connectivity index (χ1n) is 9.03. The van der Waals surface area contributed by atoms with Crippen LogP contribution < -0.4 is 5.32 Å². The van der Waals surface area contributed by atoms with E-state index in [-0.39, 0.29) is 23.8 Å². The van der Waals surface area contributed by atoms with Crippen LogP contribution >= 0.6 is 0 Å². The molecule has 0 unspecified atom stereocenters. The fourth-order valence-electron chi connectivity index (χ4n) is 3.08. The van der Waals surface area contributed by atoms with Crippen molar-refractivity contribution in [1.82, 2.24) is 15.1 Å². The summed E-state index contributed by atoms with van der Waals surface area (Å²) in [7, 11) is 1.63. The van der Waals surface area contributed by atoms with Gasteiger partial charge in [0.05, 0.1) is 6.04 Å². The van der Waals surface area contributed by atoms with Crippen molar-refractivity contribution in [2.75, 3.05) is 26.7 Å². The number of carbonyl (C=O) groups is 2. The monoisotopic (exact) mass is 349 g/mol. The maximum absolute atomic E-state index is 13.9.